The summed E-state index contributed by atoms with van der Waals surface area (Å²) in [6.07, 6.45) is 0. The van der Waals surface area contributed by atoms with Gasteiger partial charge in [0.15, 0.2) is 11.6 Å². The molecule has 4 rings (SSSR count). The number of methoxy groups -OCH3 is 1. The molecule has 0 fully saturated rings. The first kappa shape index (κ1) is 18.3. The number of rotatable bonds is 3. The fourth-order valence-electron chi connectivity index (χ4n) is 3.41. The van der Waals surface area contributed by atoms with E-state index < -0.39 is 11.9 Å². The van der Waals surface area contributed by atoms with Gasteiger partial charge >= 0.3 is 5.97 Å². The average Bonchev–Trinajstić information content (AvgIpc) is 2.76. The molecule has 0 saturated carbocycles. The van der Waals surface area contributed by atoms with Crippen molar-refractivity contribution in [1.82, 2.24) is 0 Å². The maximum absolute atomic E-state index is 13.0. The van der Waals surface area contributed by atoms with Gasteiger partial charge in [-0.3, -0.25) is 14.4 Å². The molecule has 1 aliphatic carbocycles. The second-order valence-electron chi connectivity index (χ2n) is 6.42. The number of anilines is 1. The number of carbonyl (C=O) groups excluding carboxylic acids is 4. The van der Waals surface area contributed by atoms with Gasteiger partial charge in [-0.05, 0) is 18.2 Å². The summed E-state index contributed by atoms with van der Waals surface area (Å²) >= 11 is 0. The van der Waals surface area contributed by atoms with Crippen LogP contribution in [0, 0.1) is 0 Å². The van der Waals surface area contributed by atoms with Crippen molar-refractivity contribution in [3.63, 3.8) is 0 Å². The van der Waals surface area contributed by atoms with Crippen LogP contribution >= 0.6 is 0 Å². The van der Waals surface area contributed by atoms with Gasteiger partial charge in [0.1, 0.15) is 0 Å². The van der Waals surface area contributed by atoms with E-state index in [1.807, 2.05) is 0 Å². The summed E-state index contributed by atoms with van der Waals surface area (Å²) in [5.74, 6) is -1.85. The summed E-state index contributed by atoms with van der Waals surface area (Å²) in [6, 6.07) is 17.5. The Bertz CT molecular complexity index is 1200. The number of hydrogen-bond acceptors (Lipinski definition) is 5. The minimum atomic E-state index is -0.647. The van der Waals surface area contributed by atoms with Crippen molar-refractivity contribution in [2.45, 2.75) is 0 Å². The number of carbonyl (C=O) groups is 4. The number of ketones is 2. The first-order chi connectivity index (χ1) is 14.0. The van der Waals surface area contributed by atoms with Gasteiger partial charge in [0.2, 0.25) is 0 Å². The van der Waals surface area contributed by atoms with E-state index in [-0.39, 0.29) is 39.5 Å². The van der Waals surface area contributed by atoms with Gasteiger partial charge in [-0.2, -0.15) is 0 Å². The molecule has 29 heavy (non-hydrogen) atoms. The molecule has 6 nitrogen and oxygen atoms in total. The van der Waals surface area contributed by atoms with Crippen LogP contribution in [0.2, 0.25) is 0 Å². The van der Waals surface area contributed by atoms with Crippen LogP contribution in [-0.4, -0.2) is 30.6 Å². The van der Waals surface area contributed by atoms with Crippen LogP contribution in [0.5, 0.6) is 0 Å². The predicted octanol–water partition coefficient (Wildman–Crippen LogP) is 3.50. The Hall–Kier alpha value is -4.06. The quantitative estimate of drug-likeness (QED) is 0.545. The Morgan fingerprint density at radius 1 is 0.724 bits per heavy atom. The summed E-state index contributed by atoms with van der Waals surface area (Å²) in [6.45, 7) is 0. The van der Waals surface area contributed by atoms with Gasteiger partial charge in [0.05, 0.1) is 29.5 Å². The highest BCUT2D eigenvalue weighted by atomic mass is 16.5. The molecule has 1 N–H and O–H groups in total. The zero-order valence-corrected chi connectivity index (χ0v) is 15.4. The Balaban J connectivity index is 1.76. The van der Waals surface area contributed by atoms with Crippen molar-refractivity contribution in [2.24, 2.45) is 0 Å². The molecule has 0 unspecified atom stereocenters. The van der Waals surface area contributed by atoms with E-state index in [1.54, 1.807) is 54.6 Å². The average molecular weight is 385 g/mol. The maximum Gasteiger partial charge on any atom is 0.338 e. The molecule has 0 spiro atoms. The summed E-state index contributed by atoms with van der Waals surface area (Å²) in [5.41, 5.74) is 1.41. The second-order valence-corrected chi connectivity index (χ2v) is 6.42. The van der Waals surface area contributed by atoms with E-state index in [4.69, 9.17) is 4.74 Å². The Morgan fingerprint density at radius 3 is 2.00 bits per heavy atom. The summed E-state index contributed by atoms with van der Waals surface area (Å²) in [7, 11) is 1.23. The van der Waals surface area contributed by atoms with Gasteiger partial charge in [-0.15, -0.1) is 0 Å². The molecule has 142 valence electrons. The van der Waals surface area contributed by atoms with Gasteiger partial charge in [-0.1, -0.05) is 48.5 Å². The fraction of sp³-hybridized carbons (Fsp3) is 0.0435. The van der Waals surface area contributed by atoms with Crippen LogP contribution < -0.4 is 5.32 Å². The molecule has 0 atom stereocenters. The van der Waals surface area contributed by atoms with Crippen LogP contribution in [0.4, 0.5) is 5.69 Å². The Labute approximate surface area is 166 Å². The monoisotopic (exact) mass is 385 g/mol. The third kappa shape index (κ3) is 3.00. The third-order valence-corrected chi connectivity index (χ3v) is 4.78. The molecular formula is C23H15NO5. The van der Waals surface area contributed by atoms with Crippen molar-refractivity contribution in [1.29, 1.82) is 0 Å². The first-order valence-electron chi connectivity index (χ1n) is 8.83. The number of esters is 1. The highest BCUT2D eigenvalue weighted by molar-refractivity contribution is 6.30. The molecule has 0 aromatic heterocycles. The highest BCUT2D eigenvalue weighted by Gasteiger charge is 2.32. The van der Waals surface area contributed by atoms with Crippen molar-refractivity contribution < 1.29 is 23.9 Å². The number of ether oxygens (including phenoxy) is 1. The van der Waals surface area contributed by atoms with Crippen molar-refractivity contribution in [3.05, 3.63) is 100 Å². The molecule has 6 heteroatoms. The summed E-state index contributed by atoms with van der Waals surface area (Å²) in [4.78, 5) is 50.7. The van der Waals surface area contributed by atoms with Crippen LogP contribution in [0.1, 0.15) is 52.6 Å². The lowest BCUT2D eigenvalue weighted by atomic mass is 9.83. The van der Waals surface area contributed by atoms with Crippen molar-refractivity contribution >= 4 is 29.1 Å². The van der Waals surface area contributed by atoms with Crippen molar-refractivity contribution in [2.75, 3.05) is 12.4 Å². The van der Waals surface area contributed by atoms with Crippen LogP contribution in [-0.2, 0) is 4.74 Å². The highest BCUT2D eigenvalue weighted by Crippen LogP contribution is 2.32. The standard InChI is InChI=1S/C23H15NO5/c1-29-23(28)16-10-5-4-9-15(16)22(27)24-18-12-6-11-17-19(18)21(26)14-8-3-2-7-13(14)20(17)25/h2-12H,1H3,(H,24,27). The summed E-state index contributed by atoms with van der Waals surface area (Å²) < 4.78 is 4.72. The van der Waals surface area contributed by atoms with E-state index in [0.717, 1.165) is 0 Å². The van der Waals surface area contributed by atoms with Crippen LogP contribution in [0.25, 0.3) is 0 Å². The number of nitrogens with one attached hydrogen (secondary N) is 1. The molecule has 3 aromatic rings. The van der Waals surface area contributed by atoms with Gasteiger partial charge in [0.25, 0.3) is 5.91 Å². The zero-order valence-electron chi connectivity index (χ0n) is 15.4. The smallest absolute Gasteiger partial charge is 0.338 e. The lowest BCUT2D eigenvalue weighted by Crippen LogP contribution is -2.24. The fourth-order valence-corrected chi connectivity index (χ4v) is 3.41. The molecule has 0 bridgehead atoms. The minimum absolute atomic E-state index is 0.102. The Kier molecular flexibility index (Phi) is 4.52. The SMILES string of the molecule is COC(=O)c1ccccc1C(=O)Nc1cccc2c1C(=O)c1ccccc1C2=O. The van der Waals surface area contributed by atoms with Gasteiger partial charge < -0.3 is 10.1 Å². The molecular weight excluding hydrogens is 370 g/mol. The maximum atomic E-state index is 13.0. The largest absolute Gasteiger partial charge is 0.465 e. The van der Waals surface area contributed by atoms with E-state index in [2.05, 4.69) is 5.32 Å². The van der Waals surface area contributed by atoms with E-state index in [1.165, 1.54) is 19.2 Å². The number of fused-ring (bicyclic) bond motifs is 2. The van der Waals surface area contributed by atoms with E-state index in [0.29, 0.717) is 11.1 Å². The predicted molar refractivity (Wildman–Crippen MR) is 105 cm³/mol. The lowest BCUT2D eigenvalue weighted by molar-refractivity contribution is 0.0597. The molecule has 1 amide bonds. The third-order valence-electron chi connectivity index (χ3n) is 4.78. The molecule has 0 radical (unpaired) electrons. The van der Waals surface area contributed by atoms with Crippen LogP contribution in [0.15, 0.2) is 66.7 Å². The normalized spacial score (nSPS) is 12.0. The Morgan fingerprint density at radius 2 is 1.31 bits per heavy atom. The topological polar surface area (TPSA) is 89.5 Å². The molecule has 0 saturated heterocycles. The van der Waals surface area contributed by atoms with Gasteiger partial charge in [0, 0.05) is 16.7 Å². The van der Waals surface area contributed by atoms with Gasteiger partial charge in [-0.25, -0.2) is 4.79 Å². The second kappa shape index (κ2) is 7.16. The van der Waals surface area contributed by atoms with E-state index >= 15 is 0 Å². The molecule has 0 heterocycles. The number of amides is 1. The van der Waals surface area contributed by atoms with Crippen molar-refractivity contribution in [3.8, 4) is 0 Å². The van der Waals surface area contributed by atoms with Crippen LogP contribution in [0.3, 0.4) is 0 Å². The molecule has 0 aliphatic heterocycles. The minimum Gasteiger partial charge on any atom is -0.465 e. The zero-order chi connectivity index (χ0) is 20.5. The lowest BCUT2D eigenvalue weighted by Gasteiger charge is -2.20. The summed E-state index contributed by atoms with van der Waals surface area (Å²) in [5, 5.41) is 2.67. The number of hydrogen-bond donors (Lipinski definition) is 1. The first-order valence-corrected chi connectivity index (χ1v) is 8.83. The number of benzene rings is 3. The van der Waals surface area contributed by atoms with E-state index in [9.17, 15) is 19.2 Å². The molecule has 3 aromatic carbocycles. The molecule has 1 aliphatic rings.